The molecule has 2 aromatic carbocycles. The summed E-state index contributed by atoms with van der Waals surface area (Å²) in [5.74, 6) is -1.89. The molecule has 1 atom stereocenters. The van der Waals surface area contributed by atoms with Crippen LogP contribution >= 0.6 is 0 Å². The van der Waals surface area contributed by atoms with Crippen LogP contribution < -0.4 is 10.2 Å². The number of aliphatic hydroxyl groups excluding tert-OH is 1. The smallest absolute Gasteiger partial charge is 0.328 e. The Labute approximate surface area is 150 Å². The number of rotatable bonds is 7. The summed E-state index contributed by atoms with van der Waals surface area (Å²) in [6.45, 7) is -0.681. The van der Waals surface area contributed by atoms with Crippen molar-refractivity contribution in [1.29, 1.82) is 0 Å². The molecule has 26 heavy (non-hydrogen) atoms. The van der Waals surface area contributed by atoms with Gasteiger partial charge in [0, 0.05) is 25.3 Å². The third-order valence-electron chi connectivity index (χ3n) is 3.56. The molecule has 0 saturated carbocycles. The Kier molecular flexibility index (Phi) is 6.40. The van der Waals surface area contributed by atoms with E-state index in [0.29, 0.717) is 11.4 Å². The fourth-order valence-corrected chi connectivity index (χ4v) is 2.04. The van der Waals surface area contributed by atoms with E-state index in [4.69, 9.17) is 10.2 Å². The first-order valence-corrected chi connectivity index (χ1v) is 7.84. The predicted octanol–water partition coefficient (Wildman–Crippen LogP) is 2.34. The van der Waals surface area contributed by atoms with Crippen LogP contribution in [0.2, 0.25) is 0 Å². The van der Waals surface area contributed by atoms with Crippen LogP contribution in [0, 0.1) is 0 Å². The Balaban J connectivity index is 2.02. The Hall–Kier alpha value is -3.26. The maximum absolute atomic E-state index is 12.0. The summed E-state index contributed by atoms with van der Waals surface area (Å²) in [5.41, 5.74) is 2.57. The fourth-order valence-electron chi connectivity index (χ4n) is 2.04. The van der Waals surface area contributed by atoms with E-state index in [1.54, 1.807) is 12.1 Å². The molecule has 2 rings (SSSR count). The van der Waals surface area contributed by atoms with Gasteiger partial charge in [-0.2, -0.15) is 10.2 Å². The molecule has 0 aliphatic heterocycles. The van der Waals surface area contributed by atoms with Crippen LogP contribution in [-0.2, 0) is 4.79 Å². The summed E-state index contributed by atoms with van der Waals surface area (Å²) in [7, 11) is 3.90. The molecule has 136 valence electrons. The molecule has 8 heteroatoms. The van der Waals surface area contributed by atoms with Gasteiger partial charge in [-0.1, -0.05) is 0 Å². The molecule has 2 aromatic rings. The lowest BCUT2D eigenvalue weighted by Gasteiger charge is -2.11. The minimum Gasteiger partial charge on any atom is -0.480 e. The lowest BCUT2D eigenvalue weighted by atomic mass is 10.2. The number of aliphatic carboxylic acids is 1. The van der Waals surface area contributed by atoms with Gasteiger partial charge in [0.15, 0.2) is 6.04 Å². The van der Waals surface area contributed by atoms with Gasteiger partial charge in [-0.3, -0.25) is 4.79 Å². The molecule has 0 fully saturated rings. The van der Waals surface area contributed by atoms with Crippen LogP contribution in [0.15, 0.2) is 58.8 Å². The van der Waals surface area contributed by atoms with Gasteiger partial charge in [0.1, 0.15) is 0 Å². The highest BCUT2D eigenvalue weighted by atomic mass is 16.4. The average molecular weight is 356 g/mol. The second-order valence-corrected chi connectivity index (χ2v) is 5.70. The van der Waals surface area contributed by atoms with Crippen molar-refractivity contribution >= 4 is 28.9 Å². The van der Waals surface area contributed by atoms with Crippen LogP contribution in [0.25, 0.3) is 0 Å². The molecule has 0 aliphatic carbocycles. The number of nitrogens with zero attached hydrogens (tertiary/aromatic N) is 3. The number of aliphatic hydroxyl groups is 1. The van der Waals surface area contributed by atoms with Gasteiger partial charge in [-0.15, -0.1) is 0 Å². The lowest BCUT2D eigenvalue weighted by Crippen LogP contribution is -2.43. The second-order valence-electron chi connectivity index (χ2n) is 5.70. The number of benzene rings is 2. The Bertz CT molecular complexity index is 786. The molecule has 0 aliphatic rings. The van der Waals surface area contributed by atoms with Crippen molar-refractivity contribution in [3.05, 3.63) is 54.1 Å². The van der Waals surface area contributed by atoms with Gasteiger partial charge in [-0.05, 0) is 48.5 Å². The van der Waals surface area contributed by atoms with E-state index in [2.05, 4.69) is 15.5 Å². The van der Waals surface area contributed by atoms with Gasteiger partial charge >= 0.3 is 5.97 Å². The fraction of sp³-hybridized carbons (Fsp3) is 0.222. The first-order chi connectivity index (χ1) is 12.4. The molecule has 1 amide bonds. The number of azo groups is 1. The third-order valence-corrected chi connectivity index (χ3v) is 3.56. The maximum Gasteiger partial charge on any atom is 0.328 e. The topological polar surface area (TPSA) is 115 Å². The largest absolute Gasteiger partial charge is 0.480 e. The van der Waals surface area contributed by atoms with Crippen LogP contribution in [-0.4, -0.2) is 48.8 Å². The number of hydrogen-bond acceptors (Lipinski definition) is 6. The molecule has 3 N–H and O–H groups in total. The molecular formula is C18H20N4O4. The summed E-state index contributed by atoms with van der Waals surface area (Å²) in [5, 5.41) is 28.2. The molecule has 0 radical (unpaired) electrons. The zero-order valence-electron chi connectivity index (χ0n) is 14.5. The summed E-state index contributed by atoms with van der Waals surface area (Å²) in [4.78, 5) is 24.8. The van der Waals surface area contributed by atoms with Crippen LogP contribution in [0.1, 0.15) is 10.4 Å². The van der Waals surface area contributed by atoms with Crippen LogP contribution in [0.5, 0.6) is 0 Å². The molecular weight excluding hydrogens is 336 g/mol. The average Bonchev–Trinajstić information content (AvgIpc) is 2.64. The van der Waals surface area contributed by atoms with Crippen molar-refractivity contribution in [3.63, 3.8) is 0 Å². The third kappa shape index (κ3) is 5.12. The van der Waals surface area contributed by atoms with Gasteiger partial charge in [0.25, 0.3) is 5.91 Å². The number of carbonyl (C=O) groups excluding carboxylic acids is 1. The van der Waals surface area contributed by atoms with E-state index in [-0.39, 0.29) is 5.56 Å². The SMILES string of the molecule is CN(C)c1ccc(N=Nc2ccc(C(=O)NC(CO)C(=O)O)cc2)cc1. The van der Waals surface area contributed by atoms with Gasteiger partial charge < -0.3 is 20.4 Å². The number of carboxylic acid groups (broad SMARTS) is 1. The molecule has 0 spiro atoms. The van der Waals surface area contributed by atoms with E-state index in [1.807, 2.05) is 43.3 Å². The molecule has 0 bridgehead atoms. The minimum absolute atomic E-state index is 0.263. The number of amides is 1. The zero-order chi connectivity index (χ0) is 19.1. The van der Waals surface area contributed by atoms with Gasteiger partial charge in [0.05, 0.1) is 18.0 Å². The highest BCUT2D eigenvalue weighted by Gasteiger charge is 2.19. The summed E-state index contributed by atoms with van der Waals surface area (Å²) in [6.07, 6.45) is 0. The lowest BCUT2D eigenvalue weighted by molar-refractivity contribution is -0.140. The monoisotopic (exact) mass is 356 g/mol. The number of hydrogen-bond donors (Lipinski definition) is 3. The molecule has 1 unspecified atom stereocenters. The Morgan fingerprint density at radius 2 is 1.50 bits per heavy atom. The maximum atomic E-state index is 12.0. The number of anilines is 1. The second kappa shape index (κ2) is 8.72. The number of carbonyl (C=O) groups is 2. The van der Waals surface area contributed by atoms with Crippen molar-refractivity contribution in [3.8, 4) is 0 Å². The molecule has 8 nitrogen and oxygen atoms in total. The van der Waals surface area contributed by atoms with Crippen LogP contribution in [0.3, 0.4) is 0 Å². The molecule has 0 saturated heterocycles. The first kappa shape index (κ1) is 19.1. The first-order valence-electron chi connectivity index (χ1n) is 7.84. The van der Waals surface area contributed by atoms with E-state index >= 15 is 0 Å². The van der Waals surface area contributed by atoms with Crippen molar-refractivity contribution in [2.75, 3.05) is 25.6 Å². The minimum atomic E-state index is -1.34. The van der Waals surface area contributed by atoms with E-state index in [0.717, 1.165) is 5.69 Å². The standard InChI is InChI=1S/C18H20N4O4/c1-22(2)15-9-7-14(8-10-15)21-20-13-5-3-12(4-6-13)17(24)19-16(11-23)18(25)26/h3-10,16,23H,11H2,1-2H3,(H,19,24)(H,25,26). The van der Waals surface area contributed by atoms with E-state index < -0.39 is 24.5 Å². The highest BCUT2D eigenvalue weighted by molar-refractivity contribution is 5.96. The van der Waals surface area contributed by atoms with Crippen molar-refractivity contribution in [2.45, 2.75) is 6.04 Å². The van der Waals surface area contributed by atoms with Crippen LogP contribution in [0.4, 0.5) is 17.1 Å². The number of nitrogens with one attached hydrogen (secondary N) is 1. The molecule has 0 heterocycles. The quantitative estimate of drug-likeness (QED) is 0.659. The van der Waals surface area contributed by atoms with E-state index in [9.17, 15) is 9.59 Å². The normalized spacial score (nSPS) is 12.0. The Morgan fingerprint density at radius 1 is 1.00 bits per heavy atom. The molecule has 0 aromatic heterocycles. The van der Waals surface area contributed by atoms with Crippen molar-refractivity contribution < 1.29 is 19.8 Å². The van der Waals surface area contributed by atoms with E-state index in [1.165, 1.54) is 12.1 Å². The van der Waals surface area contributed by atoms with Crippen molar-refractivity contribution in [1.82, 2.24) is 5.32 Å². The summed E-state index contributed by atoms with van der Waals surface area (Å²) >= 11 is 0. The van der Waals surface area contributed by atoms with Crippen molar-refractivity contribution in [2.24, 2.45) is 10.2 Å². The van der Waals surface area contributed by atoms with Gasteiger partial charge in [0.2, 0.25) is 0 Å². The zero-order valence-corrected chi connectivity index (χ0v) is 14.5. The predicted molar refractivity (Wildman–Crippen MR) is 97.4 cm³/mol. The summed E-state index contributed by atoms with van der Waals surface area (Å²) < 4.78 is 0. The van der Waals surface area contributed by atoms with Gasteiger partial charge in [-0.25, -0.2) is 4.79 Å². The highest BCUT2D eigenvalue weighted by Crippen LogP contribution is 2.21. The Morgan fingerprint density at radius 3 is 1.92 bits per heavy atom. The summed E-state index contributed by atoms with van der Waals surface area (Å²) in [6, 6.07) is 12.4. The number of carboxylic acids is 1.